The summed E-state index contributed by atoms with van der Waals surface area (Å²) < 4.78 is 0. The Morgan fingerprint density at radius 3 is 2.93 bits per heavy atom. The fourth-order valence-electron chi connectivity index (χ4n) is 2.71. The summed E-state index contributed by atoms with van der Waals surface area (Å²) in [5.41, 5.74) is 5.98. The maximum absolute atomic E-state index is 11.5. The van der Waals surface area contributed by atoms with Crippen LogP contribution in [0.2, 0.25) is 0 Å². The number of nitrogens with zero attached hydrogens (tertiary/aromatic N) is 1. The van der Waals surface area contributed by atoms with Gasteiger partial charge in [-0.2, -0.15) is 0 Å². The molecule has 0 spiro atoms. The van der Waals surface area contributed by atoms with Gasteiger partial charge < -0.3 is 10.6 Å². The van der Waals surface area contributed by atoms with Crippen molar-refractivity contribution in [2.24, 2.45) is 17.6 Å². The van der Waals surface area contributed by atoms with E-state index in [2.05, 4.69) is 5.92 Å². The van der Waals surface area contributed by atoms with Gasteiger partial charge in [-0.25, -0.2) is 0 Å². The van der Waals surface area contributed by atoms with Gasteiger partial charge in [0.25, 0.3) is 0 Å². The van der Waals surface area contributed by atoms with Crippen LogP contribution in [-0.4, -0.2) is 29.9 Å². The van der Waals surface area contributed by atoms with Crippen LogP contribution in [0.1, 0.15) is 19.3 Å². The lowest BCUT2D eigenvalue weighted by Crippen LogP contribution is -2.33. The number of likely N-dealkylation sites (tertiary alicyclic amines) is 1. The highest BCUT2D eigenvalue weighted by atomic mass is 16.2. The molecule has 1 heterocycles. The third-order valence-electron chi connectivity index (χ3n) is 3.52. The molecule has 0 aromatic heterocycles. The number of nitrogens with two attached hydrogens (primary N) is 1. The second-order valence-corrected chi connectivity index (χ2v) is 4.34. The molecule has 3 atom stereocenters. The average Bonchev–Trinajstić information content (AvgIpc) is 2.69. The third kappa shape index (κ3) is 1.51. The van der Waals surface area contributed by atoms with E-state index in [-0.39, 0.29) is 12.3 Å². The van der Waals surface area contributed by atoms with Crippen molar-refractivity contribution >= 4 is 5.91 Å². The molecule has 0 aromatic rings. The standard InChI is InChI=1S/C11H16N2O/c1-2-3-11(14)13-6-8-4-5-10(12)9(8)7-13/h1,8-10H,3-7,12H2. The van der Waals surface area contributed by atoms with E-state index < -0.39 is 0 Å². The van der Waals surface area contributed by atoms with Gasteiger partial charge in [-0.15, -0.1) is 6.42 Å². The maximum atomic E-state index is 11.5. The molecule has 0 radical (unpaired) electrons. The van der Waals surface area contributed by atoms with Crippen LogP contribution >= 0.6 is 0 Å². The fraction of sp³-hybridized carbons (Fsp3) is 0.727. The van der Waals surface area contributed by atoms with Crippen molar-refractivity contribution in [1.29, 1.82) is 0 Å². The van der Waals surface area contributed by atoms with Crippen LogP contribution in [0.5, 0.6) is 0 Å². The van der Waals surface area contributed by atoms with Crippen molar-refractivity contribution in [3.05, 3.63) is 0 Å². The summed E-state index contributed by atoms with van der Waals surface area (Å²) in [6.45, 7) is 1.70. The summed E-state index contributed by atoms with van der Waals surface area (Å²) >= 11 is 0. The van der Waals surface area contributed by atoms with E-state index in [0.717, 1.165) is 19.5 Å². The summed E-state index contributed by atoms with van der Waals surface area (Å²) in [4.78, 5) is 13.4. The molecular formula is C11H16N2O. The van der Waals surface area contributed by atoms with Crippen molar-refractivity contribution in [3.8, 4) is 12.3 Å². The van der Waals surface area contributed by atoms with E-state index in [1.165, 1.54) is 6.42 Å². The van der Waals surface area contributed by atoms with Crippen molar-refractivity contribution in [1.82, 2.24) is 4.90 Å². The zero-order valence-corrected chi connectivity index (χ0v) is 8.28. The zero-order chi connectivity index (χ0) is 10.1. The number of hydrogen-bond acceptors (Lipinski definition) is 2. The quantitative estimate of drug-likeness (QED) is 0.603. The fourth-order valence-corrected chi connectivity index (χ4v) is 2.71. The van der Waals surface area contributed by atoms with Crippen molar-refractivity contribution < 1.29 is 4.79 Å². The van der Waals surface area contributed by atoms with E-state index in [9.17, 15) is 4.79 Å². The Bertz CT molecular complexity index is 282. The lowest BCUT2D eigenvalue weighted by molar-refractivity contribution is -0.129. The van der Waals surface area contributed by atoms with Crippen LogP contribution in [-0.2, 0) is 4.79 Å². The highest BCUT2D eigenvalue weighted by Crippen LogP contribution is 2.37. The van der Waals surface area contributed by atoms with Gasteiger partial charge in [0.2, 0.25) is 5.91 Å². The summed E-state index contributed by atoms with van der Waals surface area (Å²) in [7, 11) is 0. The van der Waals surface area contributed by atoms with Crippen LogP contribution in [0.4, 0.5) is 0 Å². The zero-order valence-electron chi connectivity index (χ0n) is 8.28. The van der Waals surface area contributed by atoms with E-state index in [4.69, 9.17) is 12.2 Å². The molecule has 3 unspecified atom stereocenters. The first-order chi connectivity index (χ1) is 6.72. The molecule has 2 rings (SSSR count). The van der Waals surface area contributed by atoms with E-state index in [1.807, 2.05) is 4.90 Å². The number of rotatable bonds is 1. The van der Waals surface area contributed by atoms with E-state index >= 15 is 0 Å². The predicted octanol–water partition coefficient (Wildman–Crippen LogP) is 0.205. The van der Waals surface area contributed by atoms with Crippen molar-refractivity contribution in [3.63, 3.8) is 0 Å². The van der Waals surface area contributed by atoms with Gasteiger partial charge in [0.1, 0.15) is 0 Å². The Labute approximate surface area is 84.6 Å². The second-order valence-electron chi connectivity index (χ2n) is 4.34. The molecule has 1 aliphatic heterocycles. The molecule has 0 bridgehead atoms. The Balaban J connectivity index is 1.96. The number of fused-ring (bicyclic) bond motifs is 1. The number of carbonyl (C=O) groups is 1. The molecule has 3 heteroatoms. The summed E-state index contributed by atoms with van der Waals surface area (Å²) in [5.74, 6) is 3.65. The largest absolute Gasteiger partial charge is 0.341 e. The number of carbonyl (C=O) groups excluding carboxylic acids is 1. The molecule has 1 aliphatic carbocycles. The summed E-state index contributed by atoms with van der Waals surface area (Å²) in [5, 5.41) is 0. The van der Waals surface area contributed by atoms with Crippen LogP contribution < -0.4 is 5.73 Å². The van der Waals surface area contributed by atoms with Crippen molar-refractivity contribution in [2.45, 2.75) is 25.3 Å². The molecule has 1 saturated carbocycles. The molecule has 3 nitrogen and oxygen atoms in total. The van der Waals surface area contributed by atoms with Crippen molar-refractivity contribution in [2.75, 3.05) is 13.1 Å². The van der Waals surface area contributed by atoms with Crippen LogP contribution in [0.3, 0.4) is 0 Å². The number of amides is 1. The molecular weight excluding hydrogens is 176 g/mol. The predicted molar refractivity (Wildman–Crippen MR) is 54.2 cm³/mol. The van der Waals surface area contributed by atoms with Gasteiger partial charge in [-0.05, 0) is 24.7 Å². The summed E-state index contributed by atoms with van der Waals surface area (Å²) in [6.07, 6.45) is 7.64. The normalized spacial score (nSPS) is 35.4. The van der Waals surface area contributed by atoms with Gasteiger partial charge >= 0.3 is 0 Å². The van der Waals surface area contributed by atoms with Gasteiger partial charge in [0.05, 0.1) is 6.42 Å². The highest BCUT2D eigenvalue weighted by Gasteiger charge is 2.42. The monoisotopic (exact) mass is 192 g/mol. The molecule has 14 heavy (non-hydrogen) atoms. The topological polar surface area (TPSA) is 46.3 Å². The first-order valence-electron chi connectivity index (χ1n) is 5.19. The van der Waals surface area contributed by atoms with Gasteiger partial charge in [-0.1, -0.05) is 5.92 Å². The molecule has 1 saturated heterocycles. The van der Waals surface area contributed by atoms with Gasteiger partial charge in [0, 0.05) is 19.1 Å². The maximum Gasteiger partial charge on any atom is 0.234 e. The lowest BCUT2D eigenvalue weighted by atomic mass is 9.98. The molecule has 2 aliphatic rings. The lowest BCUT2D eigenvalue weighted by Gasteiger charge is -2.17. The molecule has 2 N–H and O–H groups in total. The Hall–Kier alpha value is -1.01. The minimum atomic E-state index is 0.0918. The second kappa shape index (κ2) is 3.62. The Morgan fingerprint density at radius 1 is 1.50 bits per heavy atom. The molecule has 1 amide bonds. The first kappa shape index (κ1) is 9.54. The average molecular weight is 192 g/mol. The van der Waals surface area contributed by atoms with Gasteiger partial charge in [0.15, 0.2) is 0 Å². The SMILES string of the molecule is C#CCC(=O)N1CC2CCC(N)C2C1. The van der Waals surface area contributed by atoms with E-state index in [0.29, 0.717) is 17.9 Å². The smallest absolute Gasteiger partial charge is 0.234 e. The minimum Gasteiger partial charge on any atom is -0.341 e. The van der Waals surface area contributed by atoms with Crippen LogP contribution in [0.15, 0.2) is 0 Å². The Morgan fingerprint density at radius 2 is 2.29 bits per heavy atom. The number of hydrogen-bond donors (Lipinski definition) is 1. The molecule has 76 valence electrons. The highest BCUT2D eigenvalue weighted by molar-refractivity contribution is 5.78. The van der Waals surface area contributed by atoms with Gasteiger partial charge in [-0.3, -0.25) is 4.79 Å². The first-order valence-corrected chi connectivity index (χ1v) is 5.19. The molecule has 0 aromatic carbocycles. The Kier molecular flexibility index (Phi) is 2.47. The van der Waals surface area contributed by atoms with Crippen LogP contribution in [0, 0.1) is 24.2 Å². The third-order valence-corrected chi connectivity index (χ3v) is 3.52. The summed E-state index contributed by atoms with van der Waals surface area (Å²) in [6, 6.07) is 0.295. The molecule has 2 fully saturated rings. The minimum absolute atomic E-state index is 0.0918. The van der Waals surface area contributed by atoms with E-state index in [1.54, 1.807) is 0 Å². The van der Waals surface area contributed by atoms with Crippen LogP contribution in [0.25, 0.3) is 0 Å². The number of terminal acetylenes is 1.